The minimum absolute atomic E-state index is 0.259. The first-order valence-corrected chi connectivity index (χ1v) is 7.17. The third-order valence-electron chi connectivity index (χ3n) is 2.90. The maximum absolute atomic E-state index is 12.0. The lowest BCUT2D eigenvalue weighted by Gasteiger charge is -2.28. The molecule has 0 atom stereocenters. The first kappa shape index (κ1) is 15.6. The summed E-state index contributed by atoms with van der Waals surface area (Å²) in [5.41, 5.74) is 3.60. The van der Waals surface area contributed by atoms with Crippen LogP contribution in [0, 0.1) is 0 Å². The molecule has 0 radical (unpaired) electrons. The zero-order valence-corrected chi connectivity index (χ0v) is 12.6. The van der Waals surface area contributed by atoms with Crippen molar-refractivity contribution < 1.29 is 14.3 Å². The average molecular weight is 312 g/mol. The fourth-order valence-corrected chi connectivity index (χ4v) is 1.98. The number of anilines is 1. The molecule has 1 heterocycles. The van der Waals surface area contributed by atoms with Crippen molar-refractivity contribution in [3.8, 4) is 0 Å². The quantitative estimate of drug-likeness (QED) is 0.400. The van der Waals surface area contributed by atoms with E-state index in [1.807, 2.05) is 4.90 Å². The topological polar surface area (TPSA) is 63.2 Å². The summed E-state index contributed by atoms with van der Waals surface area (Å²) in [6.45, 7) is 4.43. The summed E-state index contributed by atoms with van der Waals surface area (Å²) < 4.78 is 10.3. The van der Waals surface area contributed by atoms with Crippen molar-refractivity contribution in [1.82, 2.24) is 4.90 Å². The minimum atomic E-state index is -0.444. The molecule has 0 unspecified atom stereocenters. The molecule has 114 valence electrons. The Hall–Kier alpha value is -1.79. The molecule has 1 saturated heterocycles. The SMILES string of the molecule is CCOC(=O)/C(=N/Nc1ccc(Cl)cc1)N1CCOCC1. The van der Waals surface area contributed by atoms with Gasteiger partial charge in [0.05, 0.1) is 25.5 Å². The van der Waals surface area contributed by atoms with E-state index in [1.54, 1.807) is 31.2 Å². The van der Waals surface area contributed by atoms with Crippen LogP contribution in [0.3, 0.4) is 0 Å². The average Bonchev–Trinajstić information content (AvgIpc) is 2.51. The van der Waals surface area contributed by atoms with E-state index in [1.165, 1.54) is 0 Å². The van der Waals surface area contributed by atoms with Gasteiger partial charge in [-0.1, -0.05) is 11.6 Å². The summed E-state index contributed by atoms with van der Waals surface area (Å²) in [5, 5.41) is 4.83. The van der Waals surface area contributed by atoms with Crippen LogP contribution in [0.4, 0.5) is 5.69 Å². The number of nitrogens with zero attached hydrogens (tertiary/aromatic N) is 2. The Morgan fingerprint density at radius 1 is 1.38 bits per heavy atom. The van der Waals surface area contributed by atoms with E-state index in [2.05, 4.69) is 10.5 Å². The molecule has 0 aromatic heterocycles. The van der Waals surface area contributed by atoms with Gasteiger partial charge in [-0.15, -0.1) is 5.10 Å². The van der Waals surface area contributed by atoms with Gasteiger partial charge in [-0.2, -0.15) is 0 Å². The maximum atomic E-state index is 12.0. The number of morpholine rings is 1. The third-order valence-corrected chi connectivity index (χ3v) is 3.16. The Balaban J connectivity index is 2.11. The number of esters is 1. The first-order chi connectivity index (χ1) is 10.2. The van der Waals surface area contributed by atoms with Crippen LogP contribution < -0.4 is 5.43 Å². The molecular weight excluding hydrogens is 294 g/mol. The van der Waals surface area contributed by atoms with Gasteiger partial charge in [0.2, 0.25) is 5.84 Å². The van der Waals surface area contributed by atoms with Gasteiger partial charge in [-0.25, -0.2) is 4.79 Å². The highest BCUT2D eigenvalue weighted by Crippen LogP contribution is 2.13. The molecule has 1 aromatic carbocycles. The predicted molar refractivity (Wildman–Crippen MR) is 81.5 cm³/mol. The second kappa shape index (κ2) is 7.85. The second-order valence-corrected chi connectivity index (χ2v) is 4.81. The van der Waals surface area contributed by atoms with Crippen LogP contribution in [-0.4, -0.2) is 49.6 Å². The highest BCUT2D eigenvalue weighted by Gasteiger charge is 2.23. The summed E-state index contributed by atoms with van der Waals surface area (Å²) in [7, 11) is 0. The van der Waals surface area contributed by atoms with E-state index in [0.717, 1.165) is 5.69 Å². The fraction of sp³-hybridized carbons (Fsp3) is 0.429. The van der Waals surface area contributed by atoms with Crippen LogP contribution in [0.25, 0.3) is 0 Å². The summed E-state index contributed by atoms with van der Waals surface area (Å²) in [5.74, 6) is -0.184. The molecule has 0 aliphatic carbocycles. The van der Waals surface area contributed by atoms with Gasteiger partial charge in [-0.3, -0.25) is 5.43 Å². The second-order valence-electron chi connectivity index (χ2n) is 4.37. The van der Waals surface area contributed by atoms with Gasteiger partial charge in [-0.05, 0) is 31.2 Å². The zero-order chi connectivity index (χ0) is 15.1. The molecule has 6 nitrogen and oxygen atoms in total. The van der Waals surface area contributed by atoms with Crippen molar-refractivity contribution in [2.75, 3.05) is 38.3 Å². The van der Waals surface area contributed by atoms with Crippen LogP contribution in [0.1, 0.15) is 6.92 Å². The maximum Gasteiger partial charge on any atom is 0.375 e. The Bertz CT molecular complexity index is 499. The van der Waals surface area contributed by atoms with Crippen LogP contribution in [0.5, 0.6) is 0 Å². The van der Waals surface area contributed by atoms with Crippen molar-refractivity contribution in [1.29, 1.82) is 0 Å². The van der Waals surface area contributed by atoms with Crippen molar-refractivity contribution >= 4 is 29.1 Å². The number of amidine groups is 1. The van der Waals surface area contributed by atoms with Gasteiger partial charge in [0.25, 0.3) is 0 Å². The van der Waals surface area contributed by atoms with Crippen LogP contribution in [0.2, 0.25) is 5.02 Å². The Morgan fingerprint density at radius 3 is 2.67 bits per heavy atom. The van der Waals surface area contributed by atoms with E-state index in [0.29, 0.717) is 37.9 Å². The first-order valence-electron chi connectivity index (χ1n) is 6.80. The summed E-state index contributed by atoms with van der Waals surface area (Å²) in [6, 6.07) is 7.07. The molecule has 21 heavy (non-hydrogen) atoms. The summed E-state index contributed by atoms with van der Waals surface area (Å²) in [4.78, 5) is 13.9. The highest BCUT2D eigenvalue weighted by atomic mass is 35.5. The fourth-order valence-electron chi connectivity index (χ4n) is 1.86. The molecule has 1 fully saturated rings. The standard InChI is InChI=1S/C14H18ClN3O3/c1-2-21-14(19)13(18-7-9-20-10-8-18)17-16-12-5-3-11(15)4-6-12/h3-6,16H,2,7-10H2,1H3/b17-13-. The highest BCUT2D eigenvalue weighted by molar-refractivity contribution is 6.35. The molecule has 1 aliphatic heterocycles. The Kier molecular flexibility index (Phi) is 5.83. The van der Waals surface area contributed by atoms with E-state index in [-0.39, 0.29) is 5.84 Å². The van der Waals surface area contributed by atoms with Crippen molar-refractivity contribution in [3.63, 3.8) is 0 Å². The lowest BCUT2D eigenvalue weighted by molar-refractivity contribution is -0.136. The number of hydrogen-bond donors (Lipinski definition) is 1. The van der Waals surface area contributed by atoms with Gasteiger partial charge in [0.15, 0.2) is 0 Å². The van der Waals surface area contributed by atoms with Crippen LogP contribution >= 0.6 is 11.6 Å². The van der Waals surface area contributed by atoms with Gasteiger partial charge >= 0.3 is 5.97 Å². The lowest BCUT2D eigenvalue weighted by Crippen LogP contribution is -2.45. The molecule has 0 bridgehead atoms. The van der Waals surface area contributed by atoms with Gasteiger partial charge < -0.3 is 14.4 Å². The number of carbonyl (C=O) groups excluding carboxylic acids is 1. The van der Waals surface area contributed by atoms with E-state index < -0.39 is 5.97 Å². The molecule has 0 spiro atoms. The zero-order valence-electron chi connectivity index (χ0n) is 11.8. The molecule has 2 rings (SSSR count). The van der Waals surface area contributed by atoms with Crippen molar-refractivity contribution in [2.45, 2.75) is 6.92 Å². The molecule has 1 aliphatic rings. The number of benzene rings is 1. The number of halogens is 1. The van der Waals surface area contributed by atoms with Crippen molar-refractivity contribution in [3.05, 3.63) is 29.3 Å². The van der Waals surface area contributed by atoms with E-state index >= 15 is 0 Å². The van der Waals surface area contributed by atoms with Crippen molar-refractivity contribution in [2.24, 2.45) is 5.10 Å². The number of nitrogens with one attached hydrogen (secondary N) is 1. The summed E-state index contributed by atoms with van der Waals surface area (Å²) >= 11 is 5.83. The number of ether oxygens (including phenoxy) is 2. The Labute approximate surface area is 128 Å². The largest absolute Gasteiger partial charge is 0.460 e. The molecular formula is C14H18ClN3O3. The molecule has 7 heteroatoms. The minimum Gasteiger partial charge on any atom is -0.460 e. The smallest absolute Gasteiger partial charge is 0.375 e. The predicted octanol–water partition coefficient (Wildman–Crippen LogP) is 1.96. The molecule has 1 N–H and O–H groups in total. The van der Waals surface area contributed by atoms with Crippen LogP contribution in [0.15, 0.2) is 29.4 Å². The molecule has 0 saturated carbocycles. The normalized spacial score (nSPS) is 15.7. The van der Waals surface area contributed by atoms with E-state index in [9.17, 15) is 4.79 Å². The monoisotopic (exact) mass is 311 g/mol. The number of carbonyl (C=O) groups is 1. The Morgan fingerprint density at radius 2 is 2.05 bits per heavy atom. The molecule has 1 aromatic rings. The number of hydrazone groups is 1. The summed E-state index contributed by atoms with van der Waals surface area (Å²) in [6.07, 6.45) is 0. The van der Waals surface area contributed by atoms with Crippen LogP contribution in [-0.2, 0) is 14.3 Å². The number of rotatable bonds is 3. The number of hydrogen-bond acceptors (Lipinski definition) is 5. The van der Waals surface area contributed by atoms with Gasteiger partial charge in [0, 0.05) is 18.1 Å². The molecule has 0 amide bonds. The third kappa shape index (κ3) is 4.61. The van der Waals surface area contributed by atoms with E-state index in [4.69, 9.17) is 21.1 Å². The van der Waals surface area contributed by atoms with Gasteiger partial charge in [0.1, 0.15) is 0 Å². The lowest BCUT2D eigenvalue weighted by atomic mass is 10.3.